The predicted molar refractivity (Wildman–Crippen MR) is 66.6 cm³/mol. The number of nitrogens with zero attached hydrogens (tertiary/aromatic N) is 2. The van der Waals surface area contributed by atoms with Crippen molar-refractivity contribution < 1.29 is 13.2 Å². The molecule has 0 radical (unpaired) electrons. The minimum atomic E-state index is -4.45. The van der Waals surface area contributed by atoms with Crippen LogP contribution in [0.25, 0.3) is 11.3 Å². The molecule has 19 heavy (non-hydrogen) atoms. The Morgan fingerprint density at radius 3 is 2.26 bits per heavy atom. The first kappa shape index (κ1) is 13.5. The van der Waals surface area contributed by atoms with Crippen molar-refractivity contribution in [2.45, 2.75) is 25.9 Å². The maximum absolute atomic E-state index is 12.4. The zero-order chi connectivity index (χ0) is 14.0. The van der Waals surface area contributed by atoms with Crippen LogP contribution in [0.4, 0.5) is 13.2 Å². The van der Waals surface area contributed by atoms with Crippen molar-refractivity contribution in [3.8, 4) is 11.3 Å². The van der Waals surface area contributed by atoms with E-state index in [1.54, 1.807) is 0 Å². The number of halogens is 3. The summed E-state index contributed by atoms with van der Waals surface area (Å²) < 4.78 is 37.2. The van der Waals surface area contributed by atoms with Gasteiger partial charge in [-0.25, -0.2) is 0 Å². The number of alkyl halides is 3. The third kappa shape index (κ3) is 3.10. The first-order valence-corrected chi connectivity index (χ1v) is 5.89. The van der Waals surface area contributed by atoms with Crippen molar-refractivity contribution in [1.29, 1.82) is 0 Å². The largest absolute Gasteiger partial charge is 0.435 e. The Kier molecular flexibility index (Phi) is 3.55. The molecule has 0 aliphatic carbocycles. The summed E-state index contributed by atoms with van der Waals surface area (Å²) in [4.78, 5) is 0. The van der Waals surface area contributed by atoms with Crippen LogP contribution in [0.15, 0.2) is 36.4 Å². The second-order valence-electron chi connectivity index (χ2n) is 4.58. The fourth-order valence-electron chi connectivity index (χ4n) is 1.69. The molecule has 100 valence electrons. The Morgan fingerprint density at radius 1 is 1.00 bits per heavy atom. The molecule has 0 unspecified atom stereocenters. The van der Waals surface area contributed by atoms with Gasteiger partial charge in [0.2, 0.25) is 0 Å². The summed E-state index contributed by atoms with van der Waals surface area (Å²) in [6.07, 6.45) is -4.45. The number of rotatable bonds is 2. The molecule has 2 rings (SSSR count). The second-order valence-corrected chi connectivity index (χ2v) is 4.58. The molecule has 0 bridgehead atoms. The average molecular weight is 266 g/mol. The lowest BCUT2D eigenvalue weighted by molar-refractivity contribution is -0.141. The van der Waals surface area contributed by atoms with Crippen molar-refractivity contribution >= 4 is 0 Å². The van der Waals surface area contributed by atoms with Crippen molar-refractivity contribution in [3.63, 3.8) is 0 Å². The Balaban J connectivity index is 2.35. The Hall–Kier alpha value is -1.91. The first-order valence-electron chi connectivity index (χ1n) is 5.89. The molecule has 1 aromatic carbocycles. The number of hydrogen-bond donors (Lipinski definition) is 0. The zero-order valence-corrected chi connectivity index (χ0v) is 10.6. The fraction of sp³-hybridized carbons (Fsp3) is 0.286. The summed E-state index contributed by atoms with van der Waals surface area (Å²) in [7, 11) is 0. The molecule has 2 nitrogen and oxygen atoms in total. The fourth-order valence-corrected chi connectivity index (χ4v) is 1.69. The number of aromatic nitrogens is 2. The van der Waals surface area contributed by atoms with E-state index in [2.05, 4.69) is 24.0 Å². The monoisotopic (exact) mass is 266 g/mol. The van der Waals surface area contributed by atoms with Crippen LogP contribution in [-0.2, 0) is 6.18 Å². The molecule has 0 fully saturated rings. The van der Waals surface area contributed by atoms with E-state index >= 15 is 0 Å². The van der Waals surface area contributed by atoms with Crippen LogP contribution in [0.1, 0.15) is 31.0 Å². The molecule has 0 amide bonds. The highest BCUT2D eigenvalue weighted by atomic mass is 19.4. The van der Waals surface area contributed by atoms with Crippen LogP contribution in [-0.4, -0.2) is 10.2 Å². The molecule has 0 aliphatic rings. The SMILES string of the molecule is CC(C)c1cccc(-c2ccc(C(F)(F)F)nn2)c1. The molecule has 1 heterocycles. The Labute approximate surface area is 109 Å². The van der Waals surface area contributed by atoms with E-state index in [0.29, 0.717) is 11.6 Å². The maximum Gasteiger partial charge on any atom is 0.435 e. The third-order valence-corrected chi connectivity index (χ3v) is 2.80. The normalized spacial score (nSPS) is 11.9. The number of benzene rings is 1. The molecule has 5 heteroatoms. The molecule has 0 spiro atoms. The topological polar surface area (TPSA) is 25.8 Å². The van der Waals surface area contributed by atoms with Gasteiger partial charge >= 0.3 is 6.18 Å². The predicted octanol–water partition coefficient (Wildman–Crippen LogP) is 4.29. The van der Waals surface area contributed by atoms with Crippen molar-refractivity contribution in [2.75, 3.05) is 0 Å². The van der Waals surface area contributed by atoms with E-state index in [-0.39, 0.29) is 0 Å². The van der Waals surface area contributed by atoms with E-state index in [1.165, 1.54) is 6.07 Å². The second kappa shape index (κ2) is 4.99. The third-order valence-electron chi connectivity index (χ3n) is 2.80. The van der Waals surface area contributed by atoms with E-state index in [0.717, 1.165) is 17.2 Å². The summed E-state index contributed by atoms with van der Waals surface area (Å²) in [5.41, 5.74) is 1.35. The summed E-state index contributed by atoms with van der Waals surface area (Å²) in [5, 5.41) is 6.87. The summed E-state index contributed by atoms with van der Waals surface area (Å²) >= 11 is 0. The van der Waals surface area contributed by atoms with E-state index in [9.17, 15) is 13.2 Å². The highest BCUT2D eigenvalue weighted by molar-refractivity contribution is 5.59. The smallest absolute Gasteiger partial charge is 0.164 e. The lowest BCUT2D eigenvalue weighted by Crippen LogP contribution is -2.08. The van der Waals surface area contributed by atoms with Crippen LogP contribution >= 0.6 is 0 Å². The standard InChI is InChI=1S/C14H13F3N2/c1-9(2)10-4-3-5-11(8-10)12-6-7-13(19-18-12)14(15,16)17/h3-9H,1-2H3. The van der Waals surface area contributed by atoms with Crippen LogP contribution in [0.3, 0.4) is 0 Å². The van der Waals surface area contributed by atoms with E-state index < -0.39 is 11.9 Å². The van der Waals surface area contributed by atoms with Crippen LogP contribution < -0.4 is 0 Å². The van der Waals surface area contributed by atoms with E-state index in [4.69, 9.17) is 0 Å². The van der Waals surface area contributed by atoms with Gasteiger partial charge < -0.3 is 0 Å². The number of hydrogen-bond acceptors (Lipinski definition) is 2. The van der Waals surface area contributed by atoms with Crippen LogP contribution in [0.2, 0.25) is 0 Å². The van der Waals surface area contributed by atoms with Gasteiger partial charge in [-0.05, 0) is 29.7 Å². The Morgan fingerprint density at radius 2 is 1.74 bits per heavy atom. The highest BCUT2D eigenvalue weighted by Crippen LogP contribution is 2.28. The van der Waals surface area contributed by atoms with Gasteiger partial charge in [-0.15, -0.1) is 10.2 Å². The minimum Gasteiger partial charge on any atom is -0.164 e. The molecule has 0 atom stereocenters. The summed E-state index contributed by atoms with van der Waals surface area (Å²) in [5.74, 6) is 0.349. The van der Waals surface area contributed by atoms with Crippen LogP contribution in [0, 0.1) is 0 Å². The van der Waals surface area contributed by atoms with Gasteiger partial charge in [-0.3, -0.25) is 0 Å². The molecule has 0 N–H and O–H groups in total. The molecule has 0 aliphatic heterocycles. The lowest BCUT2D eigenvalue weighted by atomic mass is 10.00. The van der Waals surface area contributed by atoms with Gasteiger partial charge in [0.25, 0.3) is 0 Å². The van der Waals surface area contributed by atoms with Crippen molar-refractivity contribution in [1.82, 2.24) is 10.2 Å². The first-order chi connectivity index (χ1) is 8.88. The summed E-state index contributed by atoms with van der Waals surface area (Å²) in [6, 6.07) is 9.86. The highest BCUT2D eigenvalue weighted by Gasteiger charge is 2.32. The van der Waals surface area contributed by atoms with Gasteiger partial charge in [0.05, 0.1) is 5.69 Å². The average Bonchev–Trinajstić information content (AvgIpc) is 2.38. The molecule has 0 saturated carbocycles. The van der Waals surface area contributed by atoms with Crippen molar-refractivity contribution in [3.05, 3.63) is 47.7 Å². The van der Waals surface area contributed by atoms with Crippen molar-refractivity contribution in [2.24, 2.45) is 0 Å². The van der Waals surface area contributed by atoms with Gasteiger partial charge in [0.15, 0.2) is 5.69 Å². The van der Waals surface area contributed by atoms with Gasteiger partial charge in [-0.1, -0.05) is 32.0 Å². The quantitative estimate of drug-likeness (QED) is 0.810. The molecular formula is C14H13F3N2. The zero-order valence-electron chi connectivity index (χ0n) is 10.6. The molecule has 0 saturated heterocycles. The summed E-state index contributed by atoms with van der Waals surface area (Å²) in [6.45, 7) is 4.11. The van der Waals surface area contributed by atoms with Crippen LogP contribution in [0.5, 0.6) is 0 Å². The molecule has 2 aromatic rings. The lowest BCUT2D eigenvalue weighted by Gasteiger charge is -2.08. The van der Waals surface area contributed by atoms with Gasteiger partial charge in [0, 0.05) is 5.56 Å². The van der Waals surface area contributed by atoms with E-state index in [1.807, 2.05) is 24.3 Å². The maximum atomic E-state index is 12.4. The Bertz CT molecular complexity index is 560. The minimum absolute atomic E-state index is 0.349. The van der Waals surface area contributed by atoms with Gasteiger partial charge in [0.1, 0.15) is 0 Å². The molecule has 1 aromatic heterocycles. The van der Waals surface area contributed by atoms with Gasteiger partial charge in [-0.2, -0.15) is 13.2 Å². The molecular weight excluding hydrogens is 253 g/mol.